The first-order valence-corrected chi connectivity index (χ1v) is 6.77. The first kappa shape index (κ1) is 22.9. The van der Waals surface area contributed by atoms with Crippen LogP contribution in [0.2, 0.25) is 0 Å². The van der Waals surface area contributed by atoms with E-state index in [1.165, 1.54) is 0 Å². The van der Waals surface area contributed by atoms with Crippen LogP contribution >= 0.6 is 0 Å². The Bertz CT molecular complexity index is 411. The smallest absolute Gasteiger partial charge is 0.320 e. The van der Waals surface area contributed by atoms with Crippen LogP contribution in [-0.4, -0.2) is 64.9 Å². The van der Waals surface area contributed by atoms with Gasteiger partial charge in [0.1, 0.15) is 12.1 Å². The number of carbonyl (C=O) groups is 3. The lowest BCUT2D eigenvalue weighted by atomic mass is 10.1. The summed E-state index contributed by atoms with van der Waals surface area (Å²) in [6, 6.07) is -1.58. The van der Waals surface area contributed by atoms with Gasteiger partial charge in [0.2, 0.25) is 0 Å². The average molecular weight is 335 g/mol. The van der Waals surface area contributed by atoms with Gasteiger partial charge in [-0.25, -0.2) is 0 Å². The third-order valence-corrected chi connectivity index (χ3v) is 2.58. The van der Waals surface area contributed by atoms with E-state index >= 15 is 0 Å². The minimum atomic E-state index is -1.17. The van der Waals surface area contributed by atoms with Crippen LogP contribution < -0.4 is 22.5 Å². The van der Waals surface area contributed by atoms with Crippen LogP contribution in [0, 0.1) is 0 Å². The fourth-order valence-electron chi connectivity index (χ4n) is 1.30. The molecule has 0 fully saturated rings. The summed E-state index contributed by atoms with van der Waals surface area (Å²) < 4.78 is 0. The summed E-state index contributed by atoms with van der Waals surface area (Å²) in [7, 11) is 1.61. The van der Waals surface area contributed by atoms with Crippen LogP contribution in [0.4, 0.5) is 0 Å². The van der Waals surface area contributed by atoms with Crippen molar-refractivity contribution in [3.05, 3.63) is 0 Å². The maximum absolute atomic E-state index is 10.5. The van der Waals surface area contributed by atoms with E-state index in [-0.39, 0.29) is 18.8 Å². The normalized spacial score (nSPS) is 12.3. The first-order chi connectivity index (χ1) is 10.6. The number of hydrogen-bond donors (Lipinski definition) is 7. The van der Waals surface area contributed by atoms with Crippen molar-refractivity contribution in [3.63, 3.8) is 0 Å². The first-order valence-electron chi connectivity index (χ1n) is 6.77. The minimum Gasteiger partial charge on any atom is -0.481 e. The minimum absolute atomic E-state index is 0.0231. The summed E-state index contributed by atoms with van der Waals surface area (Å²) in [5.41, 5.74) is 15.2. The lowest BCUT2D eigenvalue weighted by Crippen LogP contribution is -2.33. The predicted octanol–water partition coefficient (Wildman–Crippen LogP) is -2.02. The monoisotopic (exact) mass is 335 g/mol. The van der Waals surface area contributed by atoms with Gasteiger partial charge in [-0.05, 0) is 26.3 Å². The van der Waals surface area contributed by atoms with E-state index in [4.69, 9.17) is 32.5 Å². The molecule has 0 spiro atoms. The second-order valence-corrected chi connectivity index (χ2v) is 4.51. The van der Waals surface area contributed by atoms with Crippen LogP contribution in [0.25, 0.3) is 0 Å². The Labute approximate surface area is 133 Å². The number of carboxylic acids is 3. The van der Waals surface area contributed by atoms with Gasteiger partial charge in [-0.3, -0.25) is 19.4 Å². The summed E-state index contributed by atoms with van der Waals surface area (Å²) in [6.45, 7) is 0.466. The lowest BCUT2D eigenvalue weighted by molar-refractivity contribution is -0.141. The molecule has 0 aliphatic carbocycles. The predicted molar refractivity (Wildman–Crippen MR) is 82.9 cm³/mol. The SMILES string of the molecule is CN[C@@H](CCCN=C(N)N)C(=O)O.N[C@H](CCC(=O)O)C(=O)O. The summed E-state index contributed by atoms with van der Waals surface area (Å²) in [5.74, 6) is -3.01. The van der Waals surface area contributed by atoms with Crippen molar-refractivity contribution in [1.82, 2.24) is 5.32 Å². The Morgan fingerprint density at radius 3 is 2.00 bits per heavy atom. The zero-order chi connectivity index (χ0) is 18.4. The Hall–Kier alpha value is -2.40. The summed E-state index contributed by atoms with van der Waals surface area (Å²) in [5, 5.41) is 27.6. The highest BCUT2D eigenvalue weighted by atomic mass is 16.4. The maximum atomic E-state index is 10.5. The molecule has 0 aromatic heterocycles. The molecule has 23 heavy (non-hydrogen) atoms. The molecule has 0 aliphatic rings. The number of rotatable bonds is 10. The summed E-state index contributed by atoms with van der Waals surface area (Å²) in [4.78, 5) is 34.1. The van der Waals surface area contributed by atoms with Gasteiger partial charge in [-0.15, -0.1) is 0 Å². The van der Waals surface area contributed by atoms with Crippen LogP contribution in [-0.2, 0) is 14.4 Å². The topological polar surface area (TPSA) is 214 Å². The fourth-order valence-corrected chi connectivity index (χ4v) is 1.30. The van der Waals surface area contributed by atoms with E-state index in [0.717, 1.165) is 0 Å². The second kappa shape index (κ2) is 13.3. The summed E-state index contributed by atoms with van der Waals surface area (Å²) in [6.07, 6.45) is 0.941. The molecule has 0 aliphatic heterocycles. The standard InChI is InChI=1S/C7H16N4O2.C5H9NO4/c1-10-5(6(12)13)3-2-4-11-7(8)9;6-3(5(9)10)1-2-4(7)8/h5,10H,2-4H2,1H3,(H,12,13)(H4,8,9,11);3H,1-2,6H2,(H,7,8)(H,9,10)/t5-;3-/m01/s1. The van der Waals surface area contributed by atoms with E-state index in [0.29, 0.717) is 19.4 Å². The number of nitrogens with one attached hydrogen (secondary N) is 1. The molecule has 0 bridgehead atoms. The van der Waals surface area contributed by atoms with E-state index in [2.05, 4.69) is 10.3 Å². The van der Waals surface area contributed by atoms with Crippen molar-refractivity contribution >= 4 is 23.9 Å². The number of aliphatic carboxylic acids is 3. The molecule has 0 saturated carbocycles. The number of hydrogen-bond acceptors (Lipinski definition) is 6. The van der Waals surface area contributed by atoms with Gasteiger partial charge in [0.25, 0.3) is 0 Å². The van der Waals surface area contributed by atoms with Gasteiger partial charge < -0.3 is 37.8 Å². The van der Waals surface area contributed by atoms with E-state index in [9.17, 15) is 14.4 Å². The number of nitrogens with two attached hydrogens (primary N) is 3. The molecule has 10 N–H and O–H groups in total. The molecule has 0 unspecified atom stereocenters. The Kier molecular flexibility index (Phi) is 13.2. The van der Waals surface area contributed by atoms with Gasteiger partial charge in [-0.2, -0.15) is 0 Å². The highest BCUT2D eigenvalue weighted by Crippen LogP contribution is 1.97. The van der Waals surface area contributed by atoms with Crippen molar-refractivity contribution < 1.29 is 29.7 Å². The molecule has 0 heterocycles. The molecule has 11 heteroatoms. The van der Waals surface area contributed by atoms with Crippen LogP contribution in [0.15, 0.2) is 4.99 Å². The van der Waals surface area contributed by atoms with Crippen LogP contribution in [0.1, 0.15) is 25.7 Å². The zero-order valence-corrected chi connectivity index (χ0v) is 12.9. The molecular weight excluding hydrogens is 310 g/mol. The van der Waals surface area contributed by atoms with Crippen LogP contribution in [0.3, 0.4) is 0 Å². The third-order valence-electron chi connectivity index (χ3n) is 2.58. The second-order valence-electron chi connectivity index (χ2n) is 4.51. The number of carboxylic acid groups (broad SMARTS) is 3. The third kappa shape index (κ3) is 15.8. The zero-order valence-electron chi connectivity index (χ0n) is 12.9. The molecule has 0 aromatic carbocycles. The Morgan fingerprint density at radius 2 is 1.65 bits per heavy atom. The van der Waals surface area contributed by atoms with Crippen molar-refractivity contribution in [1.29, 1.82) is 0 Å². The van der Waals surface area contributed by atoms with Crippen molar-refractivity contribution in [3.8, 4) is 0 Å². The van der Waals surface area contributed by atoms with Gasteiger partial charge >= 0.3 is 17.9 Å². The molecular formula is C12H25N5O6. The summed E-state index contributed by atoms with van der Waals surface area (Å²) >= 11 is 0. The lowest BCUT2D eigenvalue weighted by Gasteiger charge is -2.09. The number of guanidine groups is 1. The van der Waals surface area contributed by atoms with E-state index < -0.39 is 30.0 Å². The molecule has 0 rings (SSSR count). The molecule has 0 radical (unpaired) electrons. The molecule has 134 valence electrons. The molecule has 0 amide bonds. The van der Waals surface area contributed by atoms with Gasteiger partial charge in [-0.1, -0.05) is 0 Å². The van der Waals surface area contributed by atoms with Gasteiger partial charge in [0.15, 0.2) is 5.96 Å². The number of nitrogens with zero attached hydrogens (tertiary/aromatic N) is 1. The van der Waals surface area contributed by atoms with E-state index in [1.54, 1.807) is 7.05 Å². The number of likely N-dealkylation sites (N-methyl/N-ethyl adjacent to an activating group) is 1. The largest absolute Gasteiger partial charge is 0.481 e. The average Bonchev–Trinajstić information content (AvgIpc) is 2.44. The van der Waals surface area contributed by atoms with Crippen LogP contribution in [0.5, 0.6) is 0 Å². The van der Waals surface area contributed by atoms with Crippen molar-refractivity contribution in [2.45, 2.75) is 37.8 Å². The molecule has 0 saturated heterocycles. The van der Waals surface area contributed by atoms with Gasteiger partial charge in [0, 0.05) is 13.0 Å². The molecule has 11 nitrogen and oxygen atoms in total. The Morgan fingerprint density at radius 1 is 1.09 bits per heavy atom. The van der Waals surface area contributed by atoms with Crippen molar-refractivity contribution in [2.24, 2.45) is 22.2 Å². The Balaban J connectivity index is 0. The molecule has 2 atom stereocenters. The highest BCUT2D eigenvalue weighted by Gasteiger charge is 2.13. The quantitative estimate of drug-likeness (QED) is 0.132. The molecule has 0 aromatic rings. The maximum Gasteiger partial charge on any atom is 0.320 e. The number of aliphatic imine (C=N–C) groups is 1. The fraction of sp³-hybridized carbons (Fsp3) is 0.667. The van der Waals surface area contributed by atoms with Gasteiger partial charge in [0.05, 0.1) is 0 Å². The van der Waals surface area contributed by atoms with Crippen molar-refractivity contribution in [2.75, 3.05) is 13.6 Å². The highest BCUT2D eigenvalue weighted by molar-refractivity contribution is 5.75. The van der Waals surface area contributed by atoms with E-state index in [1.807, 2.05) is 0 Å².